The normalized spacial score (nSPS) is 10.2. The van der Waals surface area contributed by atoms with Gasteiger partial charge in [0.1, 0.15) is 0 Å². The molecule has 2 aromatic rings. The molecular formula is C12H10FNO3. The van der Waals surface area contributed by atoms with Crippen LogP contribution in [0.2, 0.25) is 0 Å². The number of halogens is 1. The summed E-state index contributed by atoms with van der Waals surface area (Å²) < 4.78 is 23.3. The summed E-state index contributed by atoms with van der Waals surface area (Å²) >= 11 is 0. The van der Waals surface area contributed by atoms with E-state index in [4.69, 9.17) is 4.52 Å². The van der Waals surface area contributed by atoms with Crippen molar-refractivity contribution in [1.29, 1.82) is 0 Å². The van der Waals surface area contributed by atoms with Crippen molar-refractivity contribution in [3.8, 4) is 11.3 Å². The van der Waals surface area contributed by atoms with Crippen LogP contribution in [-0.4, -0.2) is 17.7 Å². The minimum Gasteiger partial charge on any atom is -0.461 e. The Balaban J connectivity index is 2.37. The molecule has 1 aromatic carbocycles. The third kappa shape index (κ3) is 2.18. The average molecular weight is 235 g/mol. The van der Waals surface area contributed by atoms with Crippen molar-refractivity contribution in [1.82, 2.24) is 5.16 Å². The van der Waals surface area contributed by atoms with Crippen molar-refractivity contribution in [3.05, 3.63) is 41.8 Å². The maximum absolute atomic E-state index is 13.8. The summed E-state index contributed by atoms with van der Waals surface area (Å²) in [5.41, 5.74) is 0.0961. The summed E-state index contributed by atoms with van der Waals surface area (Å²) in [5, 5.41) is 3.39. The number of rotatable bonds is 3. The van der Waals surface area contributed by atoms with E-state index in [1.54, 1.807) is 37.3 Å². The lowest BCUT2D eigenvalue weighted by atomic mass is 10.1. The summed E-state index contributed by atoms with van der Waals surface area (Å²) in [6, 6.07) is 8.60. The number of carbonyl (C=O) groups excluding carboxylic acids is 1. The van der Waals surface area contributed by atoms with Gasteiger partial charge in [0.2, 0.25) is 17.3 Å². The molecule has 17 heavy (non-hydrogen) atoms. The molecule has 0 bridgehead atoms. The van der Waals surface area contributed by atoms with E-state index in [9.17, 15) is 9.18 Å². The molecular weight excluding hydrogens is 225 g/mol. The molecule has 0 spiro atoms. The minimum atomic E-state index is -0.823. The van der Waals surface area contributed by atoms with Gasteiger partial charge in [-0.2, -0.15) is 4.39 Å². The van der Waals surface area contributed by atoms with Gasteiger partial charge in [0.25, 0.3) is 0 Å². The molecule has 0 saturated carbocycles. The highest BCUT2D eigenvalue weighted by Gasteiger charge is 2.23. The van der Waals surface area contributed by atoms with E-state index in [1.165, 1.54) is 0 Å². The standard InChI is InChI=1S/C12H10FNO3/c1-2-16-12(15)10-9(13)11(17-14-10)8-6-4-3-5-7-8/h3-7H,2H2,1H3. The first-order valence-electron chi connectivity index (χ1n) is 5.11. The van der Waals surface area contributed by atoms with Crippen LogP contribution in [0.5, 0.6) is 0 Å². The van der Waals surface area contributed by atoms with Gasteiger partial charge in [0.15, 0.2) is 0 Å². The molecule has 5 heteroatoms. The second-order valence-corrected chi connectivity index (χ2v) is 3.26. The van der Waals surface area contributed by atoms with Crippen LogP contribution < -0.4 is 0 Å². The van der Waals surface area contributed by atoms with Gasteiger partial charge in [-0.1, -0.05) is 35.5 Å². The maximum Gasteiger partial charge on any atom is 0.363 e. The van der Waals surface area contributed by atoms with Gasteiger partial charge < -0.3 is 9.26 Å². The molecule has 4 nitrogen and oxygen atoms in total. The van der Waals surface area contributed by atoms with Crippen LogP contribution in [0, 0.1) is 5.82 Å². The molecule has 0 aliphatic heterocycles. The summed E-state index contributed by atoms with van der Waals surface area (Å²) in [6.45, 7) is 1.79. The number of carbonyl (C=O) groups is 1. The molecule has 0 amide bonds. The fraction of sp³-hybridized carbons (Fsp3) is 0.167. The lowest BCUT2D eigenvalue weighted by molar-refractivity contribution is 0.0510. The van der Waals surface area contributed by atoms with Gasteiger partial charge in [-0.05, 0) is 6.92 Å². The van der Waals surface area contributed by atoms with E-state index in [0.29, 0.717) is 5.56 Å². The van der Waals surface area contributed by atoms with Crippen molar-refractivity contribution in [2.45, 2.75) is 6.92 Å². The highest BCUT2D eigenvalue weighted by Crippen LogP contribution is 2.24. The van der Waals surface area contributed by atoms with Crippen molar-refractivity contribution < 1.29 is 18.4 Å². The third-order valence-electron chi connectivity index (χ3n) is 2.14. The van der Waals surface area contributed by atoms with Crippen molar-refractivity contribution >= 4 is 5.97 Å². The highest BCUT2D eigenvalue weighted by atomic mass is 19.1. The summed E-state index contributed by atoms with van der Waals surface area (Å²) in [4.78, 5) is 11.3. The zero-order valence-corrected chi connectivity index (χ0v) is 9.14. The third-order valence-corrected chi connectivity index (χ3v) is 2.14. The Labute approximate surface area is 97.0 Å². The average Bonchev–Trinajstić information content (AvgIpc) is 2.72. The lowest BCUT2D eigenvalue weighted by Gasteiger charge is -1.96. The number of nitrogens with zero attached hydrogens (tertiary/aromatic N) is 1. The zero-order valence-electron chi connectivity index (χ0n) is 9.14. The van der Waals surface area contributed by atoms with E-state index >= 15 is 0 Å². The number of ether oxygens (including phenoxy) is 1. The Kier molecular flexibility index (Phi) is 3.18. The Morgan fingerprint density at radius 3 is 2.76 bits per heavy atom. The summed E-state index contributed by atoms with van der Waals surface area (Å²) in [5.74, 6) is -1.68. The maximum atomic E-state index is 13.8. The number of benzene rings is 1. The minimum absolute atomic E-state index is 0.0614. The smallest absolute Gasteiger partial charge is 0.363 e. The van der Waals surface area contributed by atoms with Gasteiger partial charge in [-0.3, -0.25) is 0 Å². The largest absolute Gasteiger partial charge is 0.461 e. The van der Waals surface area contributed by atoms with Crippen LogP contribution in [0.25, 0.3) is 11.3 Å². The Morgan fingerprint density at radius 2 is 2.12 bits per heavy atom. The summed E-state index contributed by atoms with van der Waals surface area (Å²) in [7, 11) is 0. The fourth-order valence-electron chi connectivity index (χ4n) is 1.37. The number of hydrogen-bond donors (Lipinski definition) is 0. The molecule has 2 rings (SSSR count). The molecule has 1 heterocycles. The van der Waals surface area contributed by atoms with Crippen molar-refractivity contribution in [2.75, 3.05) is 6.61 Å². The number of aromatic nitrogens is 1. The van der Waals surface area contributed by atoms with Gasteiger partial charge in [0.05, 0.1) is 6.61 Å². The van der Waals surface area contributed by atoms with E-state index in [2.05, 4.69) is 9.89 Å². The molecule has 0 N–H and O–H groups in total. The predicted octanol–water partition coefficient (Wildman–Crippen LogP) is 2.66. The molecule has 0 radical (unpaired) electrons. The van der Waals surface area contributed by atoms with Crippen molar-refractivity contribution in [3.63, 3.8) is 0 Å². The SMILES string of the molecule is CCOC(=O)c1noc(-c2ccccc2)c1F. The Morgan fingerprint density at radius 1 is 1.41 bits per heavy atom. The zero-order chi connectivity index (χ0) is 12.3. The van der Waals surface area contributed by atoms with Crippen LogP contribution in [0.4, 0.5) is 4.39 Å². The van der Waals surface area contributed by atoms with Crippen LogP contribution in [-0.2, 0) is 4.74 Å². The van der Waals surface area contributed by atoms with E-state index in [1.807, 2.05) is 0 Å². The topological polar surface area (TPSA) is 52.3 Å². The lowest BCUT2D eigenvalue weighted by Crippen LogP contribution is -2.06. The molecule has 0 saturated heterocycles. The Hall–Kier alpha value is -2.17. The number of hydrogen-bond acceptors (Lipinski definition) is 4. The first-order valence-corrected chi connectivity index (χ1v) is 5.11. The van der Waals surface area contributed by atoms with Gasteiger partial charge in [-0.15, -0.1) is 0 Å². The van der Waals surface area contributed by atoms with E-state index < -0.39 is 17.5 Å². The summed E-state index contributed by atoms with van der Waals surface area (Å²) in [6.07, 6.45) is 0. The first kappa shape index (κ1) is 11.3. The molecule has 88 valence electrons. The van der Waals surface area contributed by atoms with Crippen molar-refractivity contribution in [2.24, 2.45) is 0 Å². The van der Waals surface area contributed by atoms with E-state index in [0.717, 1.165) is 0 Å². The van der Waals surface area contributed by atoms with Gasteiger partial charge >= 0.3 is 5.97 Å². The molecule has 0 aliphatic carbocycles. The van der Waals surface area contributed by atoms with Crippen LogP contribution >= 0.6 is 0 Å². The van der Waals surface area contributed by atoms with Crippen LogP contribution in [0.1, 0.15) is 17.4 Å². The first-order chi connectivity index (χ1) is 8.24. The molecule has 0 unspecified atom stereocenters. The molecule has 0 atom stereocenters. The Bertz CT molecular complexity index is 522. The predicted molar refractivity (Wildman–Crippen MR) is 57.9 cm³/mol. The quantitative estimate of drug-likeness (QED) is 0.767. The van der Waals surface area contributed by atoms with Crippen LogP contribution in [0.15, 0.2) is 34.9 Å². The van der Waals surface area contributed by atoms with Gasteiger partial charge in [-0.25, -0.2) is 4.79 Å². The monoisotopic (exact) mass is 235 g/mol. The molecule has 0 aliphatic rings. The highest BCUT2D eigenvalue weighted by molar-refractivity contribution is 5.88. The fourth-order valence-corrected chi connectivity index (χ4v) is 1.37. The van der Waals surface area contributed by atoms with Crippen LogP contribution in [0.3, 0.4) is 0 Å². The molecule has 1 aromatic heterocycles. The number of esters is 1. The van der Waals surface area contributed by atoms with E-state index in [-0.39, 0.29) is 12.4 Å². The molecule has 0 fully saturated rings. The van der Waals surface area contributed by atoms with Gasteiger partial charge in [0, 0.05) is 5.56 Å². The second kappa shape index (κ2) is 4.78. The second-order valence-electron chi connectivity index (χ2n) is 3.26.